The molecule has 1 N–H and O–H groups in total. The van der Waals surface area contributed by atoms with Crippen molar-refractivity contribution in [3.05, 3.63) is 29.8 Å². The van der Waals surface area contributed by atoms with E-state index in [0.29, 0.717) is 19.1 Å². The second-order valence-corrected chi connectivity index (χ2v) is 6.35. The van der Waals surface area contributed by atoms with E-state index in [1.807, 2.05) is 24.3 Å². The third-order valence-electron chi connectivity index (χ3n) is 4.79. The molecule has 2 atom stereocenters. The van der Waals surface area contributed by atoms with Crippen molar-refractivity contribution in [2.75, 3.05) is 33.9 Å². The molecule has 0 saturated carbocycles. The number of hydrogen-bond acceptors (Lipinski definition) is 4. The summed E-state index contributed by atoms with van der Waals surface area (Å²) in [5.74, 6) is 0.965. The Balaban J connectivity index is 2.09. The van der Waals surface area contributed by atoms with Crippen LogP contribution in [0.25, 0.3) is 0 Å². The van der Waals surface area contributed by atoms with Crippen LogP contribution >= 0.6 is 0 Å². The molecule has 0 bridgehead atoms. The number of aliphatic hydroxyl groups excluding tert-OH is 1. The van der Waals surface area contributed by atoms with Crippen LogP contribution in [0.1, 0.15) is 25.3 Å². The predicted octanol–water partition coefficient (Wildman–Crippen LogP) is 1.75. The minimum absolute atomic E-state index is 0.0247. The Morgan fingerprint density at radius 1 is 1.43 bits per heavy atom. The first kappa shape index (κ1) is 17.8. The Morgan fingerprint density at radius 2 is 2.17 bits per heavy atom. The maximum atomic E-state index is 12.9. The molecule has 1 fully saturated rings. The molecule has 1 heterocycles. The average Bonchev–Trinajstić information content (AvgIpc) is 2.56. The minimum Gasteiger partial charge on any atom is -0.496 e. The first-order valence-electron chi connectivity index (χ1n) is 8.28. The SMILES string of the molecule is COc1ccccc1CN(CCO)C(=O)[C@H]1CCN(C)[C@@H](C)C1. The Hall–Kier alpha value is -1.59. The molecule has 128 valence electrons. The number of carbonyl (C=O) groups is 1. The van der Waals surface area contributed by atoms with E-state index in [4.69, 9.17) is 4.74 Å². The number of methoxy groups -OCH3 is 1. The van der Waals surface area contributed by atoms with Gasteiger partial charge in [-0.3, -0.25) is 4.79 Å². The second kappa shape index (κ2) is 8.31. The van der Waals surface area contributed by atoms with Crippen LogP contribution < -0.4 is 4.74 Å². The number of likely N-dealkylation sites (tertiary alicyclic amines) is 1. The van der Waals surface area contributed by atoms with Gasteiger partial charge in [0.25, 0.3) is 0 Å². The van der Waals surface area contributed by atoms with E-state index in [1.165, 1.54) is 0 Å². The lowest BCUT2D eigenvalue weighted by atomic mass is 9.90. The zero-order chi connectivity index (χ0) is 16.8. The Morgan fingerprint density at radius 3 is 2.83 bits per heavy atom. The van der Waals surface area contributed by atoms with Crippen molar-refractivity contribution in [1.82, 2.24) is 9.80 Å². The monoisotopic (exact) mass is 320 g/mol. The summed E-state index contributed by atoms with van der Waals surface area (Å²) in [4.78, 5) is 17.0. The summed E-state index contributed by atoms with van der Waals surface area (Å²) in [6.45, 7) is 3.92. The minimum atomic E-state index is -0.0247. The zero-order valence-electron chi connectivity index (χ0n) is 14.4. The van der Waals surface area contributed by atoms with E-state index in [-0.39, 0.29) is 18.4 Å². The van der Waals surface area contributed by atoms with Gasteiger partial charge in [0.1, 0.15) is 5.75 Å². The van der Waals surface area contributed by atoms with Crippen LogP contribution in [0.2, 0.25) is 0 Å². The number of nitrogens with zero attached hydrogens (tertiary/aromatic N) is 2. The smallest absolute Gasteiger partial charge is 0.226 e. The van der Waals surface area contributed by atoms with Crippen molar-refractivity contribution >= 4 is 5.91 Å². The second-order valence-electron chi connectivity index (χ2n) is 6.35. The Labute approximate surface area is 138 Å². The van der Waals surface area contributed by atoms with Crippen LogP contribution in [0.5, 0.6) is 5.75 Å². The standard InChI is InChI=1S/C18H28N2O3/c1-14-12-15(8-9-19(14)2)18(22)20(10-11-21)13-16-6-4-5-7-17(16)23-3/h4-7,14-15,21H,8-13H2,1-3H3/t14-,15-/m0/s1. The molecule has 5 heteroatoms. The summed E-state index contributed by atoms with van der Waals surface area (Å²) in [5, 5.41) is 9.35. The highest BCUT2D eigenvalue weighted by Gasteiger charge is 2.31. The largest absolute Gasteiger partial charge is 0.496 e. The summed E-state index contributed by atoms with van der Waals surface area (Å²) in [6.07, 6.45) is 1.76. The molecule has 0 aromatic heterocycles. The fourth-order valence-corrected chi connectivity index (χ4v) is 3.20. The molecule has 23 heavy (non-hydrogen) atoms. The van der Waals surface area contributed by atoms with E-state index in [0.717, 1.165) is 30.7 Å². The molecule has 0 radical (unpaired) electrons. The molecule has 1 aromatic rings. The van der Waals surface area contributed by atoms with Gasteiger partial charge < -0.3 is 19.6 Å². The maximum Gasteiger partial charge on any atom is 0.226 e. The fourth-order valence-electron chi connectivity index (χ4n) is 3.20. The summed E-state index contributed by atoms with van der Waals surface area (Å²) in [6, 6.07) is 8.14. The maximum absolute atomic E-state index is 12.9. The van der Waals surface area contributed by atoms with Gasteiger partial charge in [0.2, 0.25) is 5.91 Å². The molecule has 5 nitrogen and oxygen atoms in total. The van der Waals surface area contributed by atoms with Gasteiger partial charge in [-0.25, -0.2) is 0 Å². The van der Waals surface area contributed by atoms with Crippen LogP contribution in [-0.4, -0.2) is 60.7 Å². The van der Waals surface area contributed by atoms with E-state index < -0.39 is 0 Å². The highest BCUT2D eigenvalue weighted by Crippen LogP contribution is 2.25. The molecule has 1 saturated heterocycles. The van der Waals surface area contributed by atoms with Crippen molar-refractivity contribution in [1.29, 1.82) is 0 Å². The number of aliphatic hydroxyl groups is 1. The number of piperidine rings is 1. The van der Waals surface area contributed by atoms with Gasteiger partial charge in [-0.05, 0) is 39.4 Å². The Bertz CT molecular complexity index is 521. The van der Waals surface area contributed by atoms with Gasteiger partial charge in [-0.2, -0.15) is 0 Å². The Kier molecular flexibility index (Phi) is 6.42. The molecule has 0 spiro atoms. The number of benzene rings is 1. The van der Waals surface area contributed by atoms with Gasteiger partial charge in [0.05, 0.1) is 13.7 Å². The van der Waals surface area contributed by atoms with Crippen molar-refractivity contribution in [2.45, 2.75) is 32.4 Å². The molecular weight excluding hydrogens is 292 g/mol. The topological polar surface area (TPSA) is 53.0 Å². The van der Waals surface area contributed by atoms with E-state index >= 15 is 0 Å². The summed E-state index contributed by atoms with van der Waals surface area (Å²) >= 11 is 0. The highest BCUT2D eigenvalue weighted by molar-refractivity contribution is 5.79. The van der Waals surface area contributed by atoms with Crippen LogP contribution in [0, 0.1) is 5.92 Å². The lowest BCUT2D eigenvalue weighted by molar-refractivity contribution is -0.138. The van der Waals surface area contributed by atoms with Crippen molar-refractivity contribution < 1.29 is 14.6 Å². The van der Waals surface area contributed by atoms with E-state index in [1.54, 1.807) is 12.0 Å². The molecular formula is C18H28N2O3. The van der Waals surface area contributed by atoms with Crippen LogP contribution in [0.3, 0.4) is 0 Å². The number of ether oxygens (including phenoxy) is 1. The number of rotatable bonds is 6. The van der Waals surface area contributed by atoms with Gasteiger partial charge >= 0.3 is 0 Å². The van der Waals surface area contributed by atoms with Crippen molar-refractivity contribution in [3.63, 3.8) is 0 Å². The van der Waals surface area contributed by atoms with Gasteiger partial charge in [-0.1, -0.05) is 18.2 Å². The van der Waals surface area contributed by atoms with Gasteiger partial charge in [0.15, 0.2) is 0 Å². The number of carbonyl (C=O) groups excluding carboxylic acids is 1. The molecule has 2 rings (SSSR count). The lowest BCUT2D eigenvalue weighted by Gasteiger charge is -2.36. The number of amides is 1. The molecule has 1 aliphatic heterocycles. The fraction of sp³-hybridized carbons (Fsp3) is 0.611. The van der Waals surface area contributed by atoms with Gasteiger partial charge in [-0.15, -0.1) is 0 Å². The average molecular weight is 320 g/mol. The van der Waals surface area contributed by atoms with E-state index in [2.05, 4.69) is 18.9 Å². The first-order valence-corrected chi connectivity index (χ1v) is 8.28. The normalized spacial score (nSPS) is 21.9. The lowest BCUT2D eigenvalue weighted by Crippen LogP contribution is -2.45. The van der Waals surface area contributed by atoms with Crippen LogP contribution in [-0.2, 0) is 11.3 Å². The summed E-state index contributed by atoms with van der Waals surface area (Å²) < 4.78 is 5.37. The molecule has 0 unspecified atom stereocenters. The molecule has 1 aliphatic rings. The molecule has 0 aliphatic carbocycles. The molecule has 1 aromatic carbocycles. The van der Waals surface area contributed by atoms with E-state index in [9.17, 15) is 9.90 Å². The number of hydrogen-bond donors (Lipinski definition) is 1. The summed E-state index contributed by atoms with van der Waals surface area (Å²) in [5.41, 5.74) is 0.970. The zero-order valence-corrected chi connectivity index (χ0v) is 14.4. The third-order valence-corrected chi connectivity index (χ3v) is 4.79. The van der Waals surface area contributed by atoms with Crippen LogP contribution in [0.4, 0.5) is 0 Å². The summed E-state index contributed by atoms with van der Waals surface area (Å²) in [7, 11) is 3.74. The molecule has 1 amide bonds. The third kappa shape index (κ3) is 4.45. The number of para-hydroxylation sites is 1. The van der Waals surface area contributed by atoms with Gasteiger partial charge in [0, 0.05) is 30.6 Å². The first-order chi connectivity index (χ1) is 11.1. The van der Waals surface area contributed by atoms with Crippen molar-refractivity contribution in [2.24, 2.45) is 5.92 Å². The highest BCUT2D eigenvalue weighted by atomic mass is 16.5. The van der Waals surface area contributed by atoms with Crippen molar-refractivity contribution in [3.8, 4) is 5.75 Å². The van der Waals surface area contributed by atoms with Crippen LogP contribution in [0.15, 0.2) is 24.3 Å². The quantitative estimate of drug-likeness (QED) is 0.867. The predicted molar refractivity (Wildman–Crippen MR) is 90.3 cm³/mol.